The third kappa shape index (κ3) is 5.96. The average Bonchev–Trinajstić information content (AvgIpc) is 3.17. The van der Waals surface area contributed by atoms with Crippen LogP contribution in [0.2, 0.25) is 0 Å². The van der Waals surface area contributed by atoms with Gasteiger partial charge in [0.2, 0.25) is 5.78 Å². The van der Waals surface area contributed by atoms with E-state index in [9.17, 15) is 4.79 Å². The fourth-order valence-corrected chi connectivity index (χ4v) is 3.90. The van der Waals surface area contributed by atoms with Crippen molar-refractivity contribution in [2.24, 2.45) is 0 Å². The summed E-state index contributed by atoms with van der Waals surface area (Å²) < 4.78 is 11.0. The van der Waals surface area contributed by atoms with Crippen LogP contribution in [-0.4, -0.2) is 49.0 Å². The molecular formula is C23H28N4O3S. The number of nitrogens with zero attached hydrogens (tertiary/aromatic N) is 2. The summed E-state index contributed by atoms with van der Waals surface area (Å²) in [6.45, 7) is 7.86. The fourth-order valence-electron chi connectivity index (χ4n) is 3.03. The minimum atomic E-state index is -0.182. The van der Waals surface area contributed by atoms with Crippen LogP contribution in [0.25, 0.3) is 0 Å². The van der Waals surface area contributed by atoms with Gasteiger partial charge in [0.15, 0.2) is 5.13 Å². The Labute approximate surface area is 186 Å². The first-order valence-electron chi connectivity index (χ1n) is 10.2. The molecule has 3 aromatic rings. The molecule has 0 radical (unpaired) electrons. The van der Waals surface area contributed by atoms with Crippen LogP contribution in [0.5, 0.6) is 11.5 Å². The minimum Gasteiger partial charge on any atom is -0.497 e. The highest BCUT2D eigenvalue weighted by atomic mass is 32.1. The van der Waals surface area contributed by atoms with E-state index in [0.29, 0.717) is 27.9 Å². The largest absolute Gasteiger partial charge is 0.497 e. The lowest BCUT2D eigenvalue weighted by atomic mass is 10.1. The summed E-state index contributed by atoms with van der Waals surface area (Å²) in [6, 6.07) is 14.6. The molecule has 0 aliphatic heterocycles. The fraction of sp³-hybridized carbons (Fsp3) is 0.304. The van der Waals surface area contributed by atoms with E-state index in [-0.39, 0.29) is 11.6 Å². The van der Waals surface area contributed by atoms with E-state index in [1.165, 1.54) is 11.3 Å². The summed E-state index contributed by atoms with van der Waals surface area (Å²) in [5.74, 6) is 1.45. The number of ketones is 1. The molecule has 8 heteroatoms. The van der Waals surface area contributed by atoms with Gasteiger partial charge < -0.3 is 25.4 Å². The first-order chi connectivity index (χ1) is 15.0. The molecule has 2 aromatic carbocycles. The SMILES string of the molecule is CCN(CC)CCOc1ccc(Nc2nc(N)c(C(=O)c3cccc(OC)c3)s2)cc1. The van der Waals surface area contributed by atoms with Gasteiger partial charge in [-0.25, -0.2) is 4.98 Å². The first kappa shape index (κ1) is 22.6. The van der Waals surface area contributed by atoms with E-state index in [2.05, 4.69) is 29.0 Å². The van der Waals surface area contributed by atoms with Crippen molar-refractivity contribution in [1.82, 2.24) is 9.88 Å². The number of rotatable bonds is 11. The molecule has 0 saturated heterocycles. The summed E-state index contributed by atoms with van der Waals surface area (Å²) >= 11 is 1.22. The Morgan fingerprint density at radius 3 is 2.55 bits per heavy atom. The van der Waals surface area contributed by atoms with Crippen LogP contribution in [0.1, 0.15) is 29.1 Å². The molecule has 3 N–H and O–H groups in total. The standard InChI is InChI=1S/C23H28N4O3S/c1-4-27(5-2)13-14-30-18-11-9-17(10-12-18)25-23-26-22(24)21(31-23)20(28)16-7-6-8-19(15-16)29-3/h6-12,15H,4-5,13-14,24H2,1-3H3,(H,25,26). The van der Waals surface area contributed by atoms with Gasteiger partial charge in [-0.15, -0.1) is 0 Å². The number of aromatic nitrogens is 1. The Morgan fingerprint density at radius 2 is 1.87 bits per heavy atom. The first-order valence-corrected chi connectivity index (χ1v) is 11.0. The summed E-state index contributed by atoms with van der Waals surface area (Å²) in [6.07, 6.45) is 0. The average molecular weight is 441 g/mol. The zero-order chi connectivity index (χ0) is 22.2. The van der Waals surface area contributed by atoms with Gasteiger partial charge in [0.1, 0.15) is 28.8 Å². The highest BCUT2D eigenvalue weighted by Gasteiger charge is 2.18. The number of benzene rings is 2. The van der Waals surface area contributed by atoms with Gasteiger partial charge in [-0.05, 0) is 49.5 Å². The Morgan fingerprint density at radius 1 is 1.13 bits per heavy atom. The van der Waals surface area contributed by atoms with E-state index in [0.717, 1.165) is 31.1 Å². The van der Waals surface area contributed by atoms with Gasteiger partial charge in [-0.1, -0.05) is 37.3 Å². The lowest BCUT2D eigenvalue weighted by Gasteiger charge is -2.18. The third-order valence-electron chi connectivity index (χ3n) is 4.87. The van der Waals surface area contributed by atoms with Crippen molar-refractivity contribution in [3.8, 4) is 11.5 Å². The van der Waals surface area contributed by atoms with Crippen LogP contribution in [0.15, 0.2) is 48.5 Å². The molecule has 0 amide bonds. The number of hydrogen-bond donors (Lipinski definition) is 2. The van der Waals surface area contributed by atoms with Gasteiger partial charge in [0, 0.05) is 17.8 Å². The van der Waals surface area contributed by atoms with Crippen LogP contribution >= 0.6 is 11.3 Å². The predicted molar refractivity (Wildman–Crippen MR) is 126 cm³/mol. The molecule has 0 unspecified atom stereocenters. The van der Waals surface area contributed by atoms with Crippen molar-refractivity contribution in [2.45, 2.75) is 13.8 Å². The molecule has 0 atom stereocenters. The number of thiazole rings is 1. The quantitative estimate of drug-likeness (QED) is 0.426. The summed E-state index contributed by atoms with van der Waals surface area (Å²) in [4.78, 5) is 19.8. The van der Waals surface area contributed by atoms with Gasteiger partial charge in [0.05, 0.1) is 7.11 Å². The molecular weight excluding hydrogens is 412 g/mol. The van der Waals surface area contributed by atoms with E-state index < -0.39 is 0 Å². The number of carbonyl (C=O) groups is 1. The monoisotopic (exact) mass is 440 g/mol. The molecule has 3 rings (SSSR count). The second-order valence-electron chi connectivity index (χ2n) is 6.82. The Bertz CT molecular complexity index is 1000. The van der Waals surface area contributed by atoms with E-state index >= 15 is 0 Å². The highest BCUT2D eigenvalue weighted by Crippen LogP contribution is 2.30. The van der Waals surface area contributed by atoms with Crippen LogP contribution in [0.4, 0.5) is 16.6 Å². The van der Waals surface area contributed by atoms with E-state index in [4.69, 9.17) is 15.2 Å². The predicted octanol–water partition coefficient (Wildman–Crippen LogP) is 4.43. The maximum Gasteiger partial charge on any atom is 0.206 e. The smallest absolute Gasteiger partial charge is 0.206 e. The molecule has 31 heavy (non-hydrogen) atoms. The third-order valence-corrected chi connectivity index (χ3v) is 5.85. The molecule has 0 aliphatic carbocycles. The summed E-state index contributed by atoms with van der Waals surface area (Å²) in [7, 11) is 1.56. The van der Waals surface area contributed by atoms with Gasteiger partial charge >= 0.3 is 0 Å². The van der Waals surface area contributed by atoms with Crippen molar-refractivity contribution in [1.29, 1.82) is 0 Å². The normalized spacial score (nSPS) is 10.8. The molecule has 7 nitrogen and oxygen atoms in total. The Balaban J connectivity index is 1.62. The second kappa shape index (κ2) is 10.8. The van der Waals surface area contributed by atoms with Crippen molar-refractivity contribution in [3.63, 3.8) is 0 Å². The zero-order valence-electron chi connectivity index (χ0n) is 18.1. The van der Waals surface area contributed by atoms with E-state index in [1.54, 1.807) is 31.4 Å². The van der Waals surface area contributed by atoms with Gasteiger partial charge in [-0.3, -0.25) is 4.79 Å². The molecule has 0 aliphatic rings. The van der Waals surface area contributed by atoms with Crippen LogP contribution < -0.4 is 20.5 Å². The lowest BCUT2D eigenvalue weighted by Crippen LogP contribution is -2.27. The van der Waals surface area contributed by atoms with Crippen LogP contribution in [0, 0.1) is 0 Å². The molecule has 0 fully saturated rings. The highest BCUT2D eigenvalue weighted by molar-refractivity contribution is 7.18. The number of nitrogen functional groups attached to an aromatic ring is 1. The summed E-state index contributed by atoms with van der Waals surface area (Å²) in [5, 5.41) is 3.76. The molecule has 0 saturated carbocycles. The molecule has 0 bridgehead atoms. The summed E-state index contributed by atoms with van der Waals surface area (Å²) in [5.41, 5.74) is 7.36. The maximum atomic E-state index is 12.8. The molecule has 1 aromatic heterocycles. The number of hydrogen-bond acceptors (Lipinski definition) is 8. The van der Waals surface area contributed by atoms with Crippen LogP contribution in [-0.2, 0) is 0 Å². The zero-order valence-corrected chi connectivity index (χ0v) is 18.9. The van der Waals surface area contributed by atoms with Crippen molar-refractivity contribution >= 4 is 33.8 Å². The Hall–Kier alpha value is -3.10. The van der Waals surface area contributed by atoms with Crippen molar-refractivity contribution in [3.05, 3.63) is 59.0 Å². The lowest BCUT2D eigenvalue weighted by molar-refractivity contribution is 0.104. The number of ether oxygens (including phenoxy) is 2. The topological polar surface area (TPSA) is 89.7 Å². The number of likely N-dealkylation sites (N-methyl/N-ethyl adjacent to an activating group) is 1. The maximum absolute atomic E-state index is 12.8. The number of nitrogens with two attached hydrogens (primary N) is 1. The molecule has 0 spiro atoms. The number of carbonyl (C=O) groups excluding carboxylic acids is 1. The van der Waals surface area contributed by atoms with Gasteiger partial charge in [0.25, 0.3) is 0 Å². The Kier molecular flexibility index (Phi) is 7.86. The number of methoxy groups -OCH3 is 1. The molecule has 164 valence electrons. The second-order valence-corrected chi connectivity index (χ2v) is 7.82. The number of anilines is 3. The van der Waals surface area contributed by atoms with Gasteiger partial charge in [-0.2, -0.15) is 0 Å². The van der Waals surface area contributed by atoms with Crippen LogP contribution in [0.3, 0.4) is 0 Å². The van der Waals surface area contributed by atoms with E-state index in [1.807, 2.05) is 24.3 Å². The number of nitrogens with one attached hydrogen (secondary N) is 1. The van der Waals surface area contributed by atoms with Crippen molar-refractivity contribution in [2.75, 3.05) is 44.4 Å². The minimum absolute atomic E-state index is 0.182. The van der Waals surface area contributed by atoms with Crippen molar-refractivity contribution < 1.29 is 14.3 Å². The molecule has 1 heterocycles.